The number of nitrogens with one attached hydrogen (secondary N) is 2. The molecule has 0 fully saturated rings. The van der Waals surface area contributed by atoms with Crippen LogP contribution in [0.5, 0.6) is 0 Å². The molecule has 0 aliphatic rings. The van der Waals surface area contributed by atoms with Gasteiger partial charge in [-0.05, 0) is 31.5 Å². The molecule has 0 radical (unpaired) electrons. The molecule has 0 bridgehead atoms. The van der Waals surface area contributed by atoms with E-state index in [-0.39, 0.29) is 18.9 Å². The molecule has 1 aromatic heterocycles. The highest BCUT2D eigenvalue weighted by molar-refractivity contribution is 7.14. The molecule has 2 N–H and O–H groups in total. The van der Waals surface area contributed by atoms with Crippen LogP contribution in [0.1, 0.15) is 27.2 Å². The Morgan fingerprint density at radius 2 is 1.86 bits per heavy atom. The molecule has 2 aromatic carbocycles. The zero-order valence-electron chi connectivity index (χ0n) is 16.1. The summed E-state index contributed by atoms with van der Waals surface area (Å²) in [6.45, 7) is 5.56. The monoisotopic (exact) mass is 397 g/mol. The molecule has 0 aliphatic heterocycles. The van der Waals surface area contributed by atoms with E-state index in [0.717, 1.165) is 22.0 Å². The molecule has 0 aliphatic carbocycles. The summed E-state index contributed by atoms with van der Waals surface area (Å²) >= 11 is 1.37. The lowest BCUT2D eigenvalue weighted by atomic mass is 10.0. The molecule has 6 nitrogen and oxygen atoms in total. The Labute approximate surface area is 167 Å². The number of alkyl carbamates (subject to hydrolysis) is 1. The highest BCUT2D eigenvalue weighted by Gasteiger charge is 2.16. The summed E-state index contributed by atoms with van der Waals surface area (Å²) in [5, 5.41) is 10.1. The van der Waals surface area contributed by atoms with Gasteiger partial charge in [-0.25, -0.2) is 9.78 Å². The number of nitrogens with zero attached hydrogens (tertiary/aromatic N) is 1. The third-order valence-corrected chi connectivity index (χ3v) is 4.59. The first-order valence-corrected chi connectivity index (χ1v) is 9.90. The lowest BCUT2D eigenvalue weighted by Crippen LogP contribution is -2.34. The maximum Gasteiger partial charge on any atom is 0.407 e. The van der Waals surface area contributed by atoms with E-state index in [9.17, 15) is 9.59 Å². The second-order valence-electron chi connectivity index (χ2n) is 7.29. The maximum atomic E-state index is 12.1. The number of benzene rings is 2. The minimum Gasteiger partial charge on any atom is -0.444 e. The van der Waals surface area contributed by atoms with Gasteiger partial charge >= 0.3 is 6.09 Å². The Kier molecular flexibility index (Phi) is 5.94. The number of anilines is 1. The molecule has 3 rings (SSSR count). The molecule has 0 saturated heterocycles. The van der Waals surface area contributed by atoms with Gasteiger partial charge in [-0.2, -0.15) is 0 Å². The fourth-order valence-electron chi connectivity index (χ4n) is 2.68. The number of hydrogen-bond donors (Lipinski definition) is 2. The lowest BCUT2D eigenvalue weighted by molar-refractivity contribution is -0.116. The molecule has 0 atom stereocenters. The Hall–Kier alpha value is -2.93. The molecule has 0 saturated carbocycles. The average Bonchev–Trinajstić information content (AvgIpc) is 3.08. The van der Waals surface area contributed by atoms with Crippen molar-refractivity contribution in [2.24, 2.45) is 0 Å². The van der Waals surface area contributed by atoms with Crippen LogP contribution in [0.25, 0.3) is 22.0 Å². The molecule has 28 heavy (non-hydrogen) atoms. The number of fused-ring (bicyclic) bond motifs is 1. The summed E-state index contributed by atoms with van der Waals surface area (Å²) in [7, 11) is 0. The predicted molar refractivity (Wildman–Crippen MR) is 113 cm³/mol. The second kappa shape index (κ2) is 8.39. The van der Waals surface area contributed by atoms with Crippen LogP contribution in [0.4, 0.5) is 9.93 Å². The summed E-state index contributed by atoms with van der Waals surface area (Å²) in [6, 6.07) is 14.2. The van der Waals surface area contributed by atoms with Gasteiger partial charge in [0, 0.05) is 23.9 Å². The maximum absolute atomic E-state index is 12.1. The van der Waals surface area contributed by atoms with Crippen LogP contribution in [-0.4, -0.2) is 29.1 Å². The van der Waals surface area contributed by atoms with Crippen molar-refractivity contribution < 1.29 is 14.3 Å². The number of thiazole rings is 1. The topological polar surface area (TPSA) is 80.3 Å². The van der Waals surface area contributed by atoms with Crippen LogP contribution < -0.4 is 10.6 Å². The highest BCUT2D eigenvalue weighted by Crippen LogP contribution is 2.30. The third-order valence-electron chi connectivity index (χ3n) is 3.84. The van der Waals surface area contributed by atoms with Crippen molar-refractivity contribution in [2.75, 3.05) is 11.9 Å². The number of ether oxygens (including phenoxy) is 1. The van der Waals surface area contributed by atoms with Crippen LogP contribution >= 0.6 is 11.3 Å². The number of carbonyl (C=O) groups is 2. The van der Waals surface area contributed by atoms with E-state index in [1.54, 1.807) is 20.8 Å². The Morgan fingerprint density at radius 3 is 2.64 bits per heavy atom. The minimum atomic E-state index is -0.564. The van der Waals surface area contributed by atoms with Crippen LogP contribution in [0.3, 0.4) is 0 Å². The molecule has 2 amide bonds. The number of rotatable bonds is 5. The van der Waals surface area contributed by atoms with Gasteiger partial charge in [0.05, 0.1) is 5.69 Å². The van der Waals surface area contributed by atoms with E-state index in [4.69, 9.17) is 4.74 Å². The van der Waals surface area contributed by atoms with Crippen LogP contribution in [-0.2, 0) is 9.53 Å². The Morgan fingerprint density at radius 1 is 1.11 bits per heavy atom. The van der Waals surface area contributed by atoms with Crippen molar-refractivity contribution in [1.29, 1.82) is 0 Å². The lowest BCUT2D eigenvalue weighted by Gasteiger charge is -2.19. The summed E-state index contributed by atoms with van der Waals surface area (Å²) in [6.07, 6.45) is -0.393. The molecular formula is C21H23N3O3S. The minimum absolute atomic E-state index is 0.141. The van der Waals surface area contributed by atoms with Gasteiger partial charge in [-0.1, -0.05) is 42.5 Å². The summed E-state index contributed by atoms with van der Waals surface area (Å²) in [5.41, 5.74) is 1.29. The zero-order chi connectivity index (χ0) is 20.1. The summed E-state index contributed by atoms with van der Waals surface area (Å²) in [5.74, 6) is -0.213. The van der Waals surface area contributed by atoms with E-state index >= 15 is 0 Å². The van der Waals surface area contributed by atoms with Gasteiger partial charge in [-0.3, -0.25) is 4.79 Å². The van der Waals surface area contributed by atoms with Crippen molar-refractivity contribution in [2.45, 2.75) is 32.8 Å². The van der Waals surface area contributed by atoms with Crippen LogP contribution in [0.2, 0.25) is 0 Å². The third kappa shape index (κ3) is 5.29. The van der Waals surface area contributed by atoms with E-state index in [0.29, 0.717) is 5.13 Å². The van der Waals surface area contributed by atoms with Crippen molar-refractivity contribution in [3.8, 4) is 11.3 Å². The Bertz CT molecular complexity index is 986. The quantitative estimate of drug-likeness (QED) is 0.647. The summed E-state index contributed by atoms with van der Waals surface area (Å²) in [4.78, 5) is 28.2. The van der Waals surface area contributed by atoms with Gasteiger partial charge in [-0.15, -0.1) is 11.3 Å². The molecule has 146 valence electrons. The normalized spacial score (nSPS) is 11.2. The zero-order valence-corrected chi connectivity index (χ0v) is 16.9. The largest absolute Gasteiger partial charge is 0.444 e. The molecule has 1 heterocycles. The fourth-order valence-corrected chi connectivity index (χ4v) is 3.40. The van der Waals surface area contributed by atoms with Gasteiger partial charge in [0.1, 0.15) is 5.60 Å². The molecule has 7 heteroatoms. The van der Waals surface area contributed by atoms with Crippen molar-refractivity contribution >= 4 is 39.2 Å². The van der Waals surface area contributed by atoms with Crippen molar-refractivity contribution in [3.05, 3.63) is 47.8 Å². The second-order valence-corrected chi connectivity index (χ2v) is 8.15. The SMILES string of the molecule is CC(C)(C)OC(=O)NCCC(=O)Nc1nc(-c2cccc3ccccc23)cs1. The molecule has 0 spiro atoms. The highest BCUT2D eigenvalue weighted by atomic mass is 32.1. The molecule has 3 aromatic rings. The average molecular weight is 398 g/mol. The Balaban J connectivity index is 1.57. The predicted octanol–water partition coefficient (Wildman–Crippen LogP) is 4.82. The first-order valence-electron chi connectivity index (χ1n) is 9.02. The van der Waals surface area contributed by atoms with Gasteiger partial charge in [0.25, 0.3) is 0 Å². The van der Waals surface area contributed by atoms with Gasteiger partial charge < -0.3 is 15.4 Å². The molecule has 0 unspecified atom stereocenters. The van der Waals surface area contributed by atoms with Crippen molar-refractivity contribution in [3.63, 3.8) is 0 Å². The number of aromatic nitrogens is 1. The smallest absolute Gasteiger partial charge is 0.407 e. The van der Waals surface area contributed by atoms with E-state index < -0.39 is 11.7 Å². The number of amides is 2. The summed E-state index contributed by atoms with van der Waals surface area (Å²) < 4.78 is 5.13. The first-order chi connectivity index (χ1) is 13.3. The van der Waals surface area contributed by atoms with Crippen LogP contribution in [0, 0.1) is 0 Å². The number of hydrogen-bond acceptors (Lipinski definition) is 5. The van der Waals surface area contributed by atoms with E-state index in [1.165, 1.54) is 11.3 Å². The molecular weight excluding hydrogens is 374 g/mol. The van der Waals surface area contributed by atoms with Gasteiger partial charge in [0.15, 0.2) is 5.13 Å². The van der Waals surface area contributed by atoms with Crippen molar-refractivity contribution in [1.82, 2.24) is 10.3 Å². The number of carbonyl (C=O) groups excluding carboxylic acids is 2. The van der Waals surface area contributed by atoms with E-state index in [2.05, 4.69) is 33.8 Å². The van der Waals surface area contributed by atoms with Crippen LogP contribution in [0.15, 0.2) is 47.8 Å². The van der Waals surface area contributed by atoms with E-state index in [1.807, 2.05) is 29.6 Å². The first kappa shape index (κ1) is 19.8. The fraction of sp³-hybridized carbons (Fsp3) is 0.286. The standard InChI is InChI=1S/C21H23N3O3S/c1-21(2,3)27-20(26)22-12-11-18(25)24-19-23-17(13-28-19)16-10-6-8-14-7-4-5-9-15(14)16/h4-10,13H,11-12H2,1-3H3,(H,22,26)(H,23,24,25). The van der Waals surface area contributed by atoms with Gasteiger partial charge in [0.2, 0.25) is 5.91 Å².